The highest BCUT2D eigenvalue weighted by molar-refractivity contribution is 5.28. The molecule has 4 nitrogen and oxygen atoms in total. The number of rotatable bonds is 8. The van der Waals surface area contributed by atoms with Crippen molar-refractivity contribution in [1.82, 2.24) is 10.3 Å². The van der Waals surface area contributed by atoms with Crippen molar-refractivity contribution < 1.29 is 9.47 Å². The van der Waals surface area contributed by atoms with Crippen LogP contribution in [0.1, 0.15) is 45.2 Å². The highest BCUT2D eigenvalue weighted by Gasteiger charge is 2.33. The van der Waals surface area contributed by atoms with E-state index in [1.54, 1.807) is 13.3 Å². The predicted molar refractivity (Wildman–Crippen MR) is 77.5 cm³/mol. The Morgan fingerprint density at radius 3 is 2.63 bits per heavy atom. The van der Waals surface area contributed by atoms with Gasteiger partial charge in [-0.25, -0.2) is 0 Å². The van der Waals surface area contributed by atoms with Crippen LogP contribution in [0, 0.1) is 0 Å². The first-order valence-electron chi connectivity index (χ1n) is 6.91. The first kappa shape index (κ1) is 15.9. The van der Waals surface area contributed by atoms with Crippen LogP contribution < -0.4 is 10.1 Å². The number of hydrogen-bond acceptors (Lipinski definition) is 4. The van der Waals surface area contributed by atoms with Gasteiger partial charge in [-0.2, -0.15) is 0 Å². The molecular weight excluding hydrogens is 240 g/mol. The van der Waals surface area contributed by atoms with Crippen molar-refractivity contribution in [2.75, 3.05) is 20.8 Å². The summed E-state index contributed by atoms with van der Waals surface area (Å²) < 4.78 is 11.3. The van der Waals surface area contributed by atoms with Crippen molar-refractivity contribution in [2.45, 2.75) is 45.3 Å². The van der Waals surface area contributed by atoms with Gasteiger partial charge in [-0.1, -0.05) is 13.8 Å². The molecule has 4 heteroatoms. The first-order valence-corrected chi connectivity index (χ1v) is 6.91. The number of nitrogens with one attached hydrogen (secondary N) is 1. The van der Waals surface area contributed by atoms with E-state index in [-0.39, 0.29) is 11.6 Å². The molecule has 0 aromatic carbocycles. The Hall–Kier alpha value is -1.13. The topological polar surface area (TPSA) is 43.4 Å². The minimum Gasteiger partial charge on any atom is -0.492 e. The average molecular weight is 266 g/mol. The fourth-order valence-electron chi connectivity index (χ4n) is 2.18. The Labute approximate surface area is 116 Å². The molecule has 2 unspecified atom stereocenters. The highest BCUT2D eigenvalue weighted by Crippen LogP contribution is 2.32. The van der Waals surface area contributed by atoms with Crippen molar-refractivity contribution in [1.29, 1.82) is 0 Å². The molecule has 108 valence electrons. The summed E-state index contributed by atoms with van der Waals surface area (Å²) in [5.74, 6) is 0.814. The van der Waals surface area contributed by atoms with Gasteiger partial charge in [-0.3, -0.25) is 4.98 Å². The van der Waals surface area contributed by atoms with Gasteiger partial charge in [0.1, 0.15) is 5.75 Å². The van der Waals surface area contributed by atoms with Crippen molar-refractivity contribution in [3.05, 3.63) is 24.0 Å². The Bertz CT molecular complexity index is 378. The number of likely N-dealkylation sites (N-methyl/N-ethyl adjacent to an activating group) is 1. The Balaban J connectivity index is 2.98. The zero-order valence-electron chi connectivity index (χ0n) is 12.7. The number of nitrogens with zero attached hydrogens (tertiary/aromatic N) is 1. The lowest BCUT2D eigenvalue weighted by atomic mass is 9.88. The summed E-state index contributed by atoms with van der Waals surface area (Å²) in [6, 6.07) is 2.12. The SMILES string of the molecule is CCCOc1cncc(C(NC)C(C)(CC)OC)c1. The normalized spacial score (nSPS) is 15.8. The van der Waals surface area contributed by atoms with Gasteiger partial charge in [0.05, 0.1) is 24.4 Å². The summed E-state index contributed by atoms with van der Waals surface area (Å²) in [6.45, 7) is 7.03. The van der Waals surface area contributed by atoms with Crippen LogP contribution in [0.5, 0.6) is 5.75 Å². The Morgan fingerprint density at radius 2 is 2.11 bits per heavy atom. The van der Waals surface area contributed by atoms with Gasteiger partial charge >= 0.3 is 0 Å². The number of aromatic nitrogens is 1. The van der Waals surface area contributed by atoms with Crippen LogP contribution in [-0.4, -0.2) is 31.3 Å². The van der Waals surface area contributed by atoms with Crippen LogP contribution in [-0.2, 0) is 4.74 Å². The molecule has 0 saturated carbocycles. The molecule has 2 atom stereocenters. The first-order chi connectivity index (χ1) is 9.11. The molecule has 1 aromatic rings. The minimum absolute atomic E-state index is 0.0835. The molecule has 0 amide bonds. The molecule has 0 aliphatic carbocycles. The maximum absolute atomic E-state index is 5.68. The van der Waals surface area contributed by atoms with Gasteiger partial charge in [0.25, 0.3) is 0 Å². The van der Waals surface area contributed by atoms with Crippen molar-refractivity contribution in [3.63, 3.8) is 0 Å². The standard InChI is InChI=1S/C15H26N2O2/c1-6-8-19-13-9-12(10-17-11-13)14(16-4)15(3,7-2)18-5/h9-11,14,16H,6-8H2,1-5H3. The molecule has 1 N–H and O–H groups in total. The summed E-state index contributed by atoms with van der Waals surface area (Å²) in [4.78, 5) is 4.27. The molecular formula is C15H26N2O2. The number of pyridine rings is 1. The fourth-order valence-corrected chi connectivity index (χ4v) is 2.18. The molecule has 0 aliphatic rings. The maximum Gasteiger partial charge on any atom is 0.137 e. The number of hydrogen-bond donors (Lipinski definition) is 1. The second-order valence-electron chi connectivity index (χ2n) is 4.89. The van der Waals surface area contributed by atoms with Crippen LogP contribution >= 0.6 is 0 Å². The highest BCUT2D eigenvalue weighted by atomic mass is 16.5. The second kappa shape index (κ2) is 7.46. The van der Waals surface area contributed by atoms with Crippen LogP contribution in [0.25, 0.3) is 0 Å². The van der Waals surface area contributed by atoms with E-state index in [0.717, 1.165) is 24.2 Å². The molecule has 0 bridgehead atoms. The fraction of sp³-hybridized carbons (Fsp3) is 0.667. The van der Waals surface area contributed by atoms with E-state index in [9.17, 15) is 0 Å². The van der Waals surface area contributed by atoms with Gasteiger partial charge in [0.2, 0.25) is 0 Å². The van der Waals surface area contributed by atoms with Crippen molar-refractivity contribution in [2.24, 2.45) is 0 Å². The summed E-state index contributed by atoms with van der Waals surface area (Å²) in [5.41, 5.74) is 0.821. The van der Waals surface area contributed by atoms with E-state index in [4.69, 9.17) is 9.47 Å². The summed E-state index contributed by atoms with van der Waals surface area (Å²) in [5, 5.41) is 3.32. The minimum atomic E-state index is -0.264. The van der Waals surface area contributed by atoms with Crippen LogP contribution in [0.4, 0.5) is 0 Å². The largest absolute Gasteiger partial charge is 0.492 e. The van der Waals surface area contributed by atoms with E-state index in [1.165, 1.54) is 0 Å². The van der Waals surface area contributed by atoms with Gasteiger partial charge in [0, 0.05) is 13.3 Å². The van der Waals surface area contributed by atoms with E-state index >= 15 is 0 Å². The van der Waals surface area contributed by atoms with E-state index < -0.39 is 0 Å². The van der Waals surface area contributed by atoms with Gasteiger partial charge in [-0.05, 0) is 38.4 Å². The average Bonchev–Trinajstić information content (AvgIpc) is 2.46. The van der Waals surface area contributed by atoms with Crippen molar-refractivity contribution in [3.8, 4) is 5.75 Å². The summed E-state index contributed by atoms with van der Waals surface area (Å²) in [7, 11) is 3.69. The molecule has 1 rings (SSSR count). The molecule has 1 aromatic heterocycles. The van der Waals surface area contributed by atoms with E-state index in [0.29, 0.717) is 6.61 Å². The lowest BCUT2D eigenvalue weighted by molar-refractivity contribution is -0.0281. The predicted octanol–water partition coefficient (Wildman–Crippen LogP) is 2.95. The molecule has 0 saturated heterocycles. The second-order valence-corrected chi connectivity index (χ2v) is 4.89. The summed E-state index contributed by atoms with van der Waals surface area (Å²) in [6.07, 6.45) is 5.52. The lowest BCUT2D eigenvalue weighted by Gasteiger charge is -2.35. The molecule has 0 radical (unpaired) electrons. The zero-order chi connectivity index (χ0) is 14.3. The zero-order valence-corrected chi connectivity index (χ0v) is 12.7. The van der Waals surface area contributed by atoms with E-state index in [1.807, 2.05) is 19.3 Å². The Kier molecular flexibility index (Phi) is 6.25. The molecule has 0 fully saturated rings. The van der Waals surface area contributed by atoms with Crippen LogP contribution in [0.15, 0.2) is 18.5 Å². The van der Waals surface area contributed by atoms with Gasteiger partial charge in [0.15, 0.2) is 0 Å². The smallest absolute Gasteiger partial charge is 0.137 e. The number of ether oxygens (including phenoxy) is 2. The maximum atomic E-state index is 5.68. The quantitative estimate of drug-likeness (QED) is 0.785. The Morgan fingerprint density at radius 1 is 1.37 bits per heavy atom. The summed E-state index contributed by atoms with van der Waals surface area (Å²) >= 11 is 0. The van der Waals surface area contributed by atoms with Gasteiger partial charge in [-0.15, -0.1) is 0 Å². The molecule has 1 heterocycles. The van der Waals surface area contributed by atoms with E-state index in [2.05, 4.69) is 31.1 Å². The van der Waals surface area contributed by atoms with Gasteiger partial charge < -0.3 is 14.8 Å². The molecule has 0 aliphatic heterocycles. The van der Waals surface area contributed by atoms with Crippen LogP contribution in [0.3, 0.4) is 0 Å². The third-order valence-electron chi connectivity index (χ3n) is 3.61. The molecule has 0 spiro atoms. The lowest BCUT2D eigenvalue weighted by Crippen LogP contribution is -2.41. The number of methoxy groups -OCH3 is 1. The monoisotopic (exact) mass is 266 g/mol. The third kappa shape index (κ3) is 3.91. The van der Waals surface area contributed by atoms with Crippen LogP contribution in [0.2, 0.25) is 0 Å². The third-order valence-corrected chi connectivity index (χ3v) is 3.61. The molecule has 19 heavy (non-hydrogen) atoms. The van der Waals surface area contributed by atoms with Crippen molar-refractivity contribution >= 4 is 0 Å².